The zero-order valence-electron chi connectivity index (χ0n) is 10.5. The van der Waals surface area contributed by atoms with Crippen molar-refractivity contribution in [3.8, 4) is 0 Å². The van der Waals surface area contributed by atoms with Gasteiger partial charge < -0.3 is 15.7 Å². The molecule has 100 valence electrons. The van der Waals surface area contributed by atoms with Gasteiger partial charge in [-0.1, -0.05) is 0 Å². The third-order valence-corrected chi connectivity index (χ3v) is 3.35. The van der Waals surface area contributed by atoms with Crippen LogP contribution >= 0.6 is 11.3 Å². The number of aryl methyl sites for hydroxylation is 1. The van der Waals surface area contributed by atoms with Gasteiger partial charge in [0.25, 0.3) is 0 Å². The highest BCUT2D eigenvalue weighted by Crippen LogP contribution is 2.15. The highest BCUT2D eigenvalue weighted by atomic mass is 32.1. The molecule has 0 aliphatic rings. The van der Waals surface area contributed by atoms with E-state index in [9.17, 15) is 9.90 Å². The molecule has 0 fully saturated rings. The van der Waals surface area contributed by atoms with E-state index in [1.54, 1.807) is 18.5 Å². The number of aliphatic hydroxyl groups is 1. The van der Waals surface area contributed by atoms with Gasteiger partial charge in [0.15, 0.2) is 0 Å². The molecule has 2 rings (SSSR count). The van der Waals surface area contributed by atoms with Crippen LogP contribution in [0.5, 0.6) is 0 Å². The first-order chi connectivity index (χ1) is 9.16. The second-order valence-electron chi connectivity index (χ2n) is 4.10. The smallest absolute Gasteiger partial charge is 0.319 e. The number of thiophene rings is 1. The Morgan fingerprint density at radius 3 is 3.05 bits per heavy atom. The Balaban J connectivity index is 1.84. The summed E-state index contributed by atoms with van der Waals surface area (Å²) in [5.41, 5.74) is 2.40. The van der Waals surface area contributed by atoms with Crippen molar-refractivity contribution in [2.75, 3.05) is 11.9 Å². The van der Waals surface area contributed by atoms with Crippen LogP contribution < -0.4 is 10.6 Å². The Bertz CT molecular complexity index is 543. The molecular weight excluding hydrogens is 262 g/mol. The molecule has 2 amide bonds. The number of amides is 2. The molecule has 2 heterocycles. The van der Waals surface area contributed by atoms with Crippen LogP contribution in [0.2, 0.25) is 0 Å². The van der Waals surface area contributed by atoms with E-state index in [2.05, 4.69) is 15.6 Å². The van der Waals surface area contributed by atoms with Gasteiger partial charge in [-0.25, -0.2) is 4.79 Å². The fourth-order valence-electron chi connectivity index (χ4n) is 1.55. The van der Waals surface area contributed by atoms with Crippen LogP contribution in [-0.2, 0) is 0 Å². The molecule has 1 atom stereocenters. The van der Waals surface area contributed by atoms with Crippen LogP contribution in [-0.4, -0.2) is 22.7 Å². The third kappa shape index (κ3) is 3.77. The van der Waals surface area contributed by atoms with Crippen LogP contribution in [0.1, 0.15) is 17.2 Å². The Morgan fingerprint density at radius 1 is 1.53 bits per heavy atom. The SMILES string of the molecule is Cc1cnccc1NC(=O)NC[C@@H](O)c1ccsc1. The van der Waals surface area contributed by atoms with E-state index in [0.29, 0.717) is 5.69 Å². The summed E-state index contributed by atoms with van der Waals surface area (Å²) in [6.45, 7) is 2.04. The summed E-state index contributed by atoms with van der Waals surface area (Å²) in [5, 5.41) is 18.9. The van der Waals surface area contributed by atoms with E-state index >= 15 is 0 Å². The molecule has 0 radical (unpaired) electrons. The van der Waals surface area contributed by atoms with Crippen LogP contribution in [0.3, 0.4) is 0 Å². The van der Waals surface area contributed by atoms with E-state index in [1.165, 1.54) is 11.3 Å². The summed E-state index contributed by atoms with van der Waals surface area (Å²) >= 11 is 1.51. The van der Waals surface area contributed by atoms with Crippen molar-refractivity contribution in [1.29, 1.82) is 0 Å². The minimum absolute atomic E-state index is 0.173. The molecule has 0 aliphatic heterocycles. The molecule has 0 saturated heterocycles. The van der Waals surface area contributed by atoms with Crippen molar-refractivity contribution in [2.24, 2.45) is 0 Å². The fourth-order valence-corrected chi connectivity index (χ4v) is 2.26. The number of hydrogen-bond acceptors (Lipinski definition) is 4. The van der Waals surface area contributed by atoms with E-state index in [4.69, 9.17) is 0 Å². The molecule has 0 unspecified atom stereocenters. The Hall–Kier alpha value is -1.92. The van der Waals surface area contributed by atoms with Crippen LogP contribution in [0.25, 0.3) is 0 Å². The summed E-state index contributed by atoms with van der Waals surface area (Å²) in [6.07, 6.45) is 2.61. The Morgan fingerprint density at radius 2 is 2.37 bits per heavy atom. The number of anilines is 1. The average molecular weight is 277 g/mol. The van der Waals surface area contributed by atoms with Crippen LogP contribution in [0.15, 0.2) is 35.3 Å². The molecule has 0 aliphatic carbocycles. The first-order valence-corrected chi connectivity index (χ1v) is 6.76. The van der Waals surface area contributed by atoms with E-state index in [1.807, 2.05) is 23.8 Å². The number of aromatic nitrogens is 1. The maximum atomic E-state index is 11.7. The lowest BCUT2D eigenvalue weighted by molar-refractivity contribution is 0.175. The number of hydrogen-bond donors (Lipinski definition) is 3. The molecule has 2 aromatic heterocycles. The standard InChI is InChI=1S/C13H15N3O2S/c1-9-6-14-4-2-11(9)16-13(18)15-7-12(17)10-3-5-19-8-10/h2-6,8,12,17H,7H2,1H3,(H2,14,15,16,18)/t12-/m1/s1. The largest absolute Gasteiger partial charge is 0.387 e. The van der Waals surface area contributed by atoms with Gasteiger partial charge >= 0.3 is 6.03 Å². The number of carbonyl (C=O) groups is 1. The van der Waals surface area contributed by atoms with Crippen LogP contribution in [0, 0.1) is 6.92 Å². The Kier molecular flexibility index (Phi) is 4.48. The third-order valence-electron chi connectivity index (χ3n) is 2.65. The molecule has 19 heavy (non-hydrogen) atoms. The molecule has 0 aromatic carbocycles. The molecule has 2 aromatic rings. The van der Waals surface area contributed by atoms with Crippen molar-refractivity contribution in [1.82, 2.24) is 10.3 Å². The van der Waals surface area contributed by atoms with Gasteiger partial charge in [0, 0.05) is 24.6 Å². The van der Waals surface area contributed by atoms with Gasteiger partial charge in [-0.3, -0.25) is 4.98 Å². The van der Waals surface area contributed by atoms with Gasteiger partial charge in [-0.05, 0) is 40.9 Å². The minimum Gasteiger partial charge on any atom is -0.387 e. The average Bonchev–Trinajstić information content (AvgIpc) is 2.93. The topological polar surface area (TPSA) is 74.2 Å². The van der Waals surface area contributed by atoms with E-state index < -0.39 is 6.10 Å². The lowest BCUT2D eigenvalue weighted by Gasteiger charge is -2.12. The van der Waals surface area contributed by atoms with Gasteiger partial charge in [-0.2, -0.15) is 11.3 Å². The molecule has 5 nitrogen and oxygen atoms in total. The molecular formula is C13H15N3O2S. The van der Waals surface area contributed by atoms with E-state index in [-0.39, 0.29) is 12.6 Å². The number of urea groups is 1. The lowest BCUT2D eigenvalue weighted by Crippen LogP contribution is -2.32. The summed E-state index contributed by atoms with van der Waals surface area (Å²) in [7, 11) is 0. The van der Waals surface area contributed by atoms with E-state index in [0.717, 1.165) is 11.1 Å². The second-order valence-corrected chi connectivity index (χ2v) is 4.88. The first kappa shape index (κ1) is 13.5. The predicted molar refractivity (Wildman–Crippen MR) is 75.3 cm³/mol. The summed E-state index contributed by atoms with van der Waals surface area (Å²) in [5.74, 6) is 0. The lowest BCUT2D eigenvalue weighted by atomic mass is 10.2. The first-order valence-electron chi connectivity index (χ1n) is 5.82. The zero-order valence-corrected chi connectivity index (χ0v) is 11.3. The number of nitrogens with one attached hydrogen (secondary N) is 2. The van der Waals surface area contributed by atoms with Gasteiger partial charge in [0.2, 0.25) is 0 Å². The van der Waals surface area contributed by atoms with Crippen molar-refractivity contribution in [3.05, 3.63) is 46.4 Å². The van der Waals surface area contributed by atoms with Gasteiger partial charge in [-0.15, -0.1) is 0 Å². The molecule has 0 saturated carbocycles. The number of pyridine rings is 1. The molecule has 0 spiro atoms. The Labute approximate surface area is 115 Å². The quantitative estimate of drug-likeness (QED) is 0.803. The van der Waals surface area contributed by atoms with Gasteiger partial charge in [0.05, 0.1) is 6.10 Å². The van der Waals surface area contributed by atoms with Crippen LogP contribution in [0.4, 0.5) is 10.5 Å². The summed E-state index contributed by atoms with van der Waals surface area (Å²) in [4.78, 5) is 15.6. The van der Waals surface area contributed by atoms with Crippen molar-refractivity contribution in [3.63, 3.8) is 0 Å². The predicted octanol–water partition coefficient (Wildman–Crippen LogP) is 2.31. The van der Waals surface area contributed by atoms with Crippen molar-refractivity contribution in [2.45, 2.75) is 13.0 Å². The number of nitrogens with zero attached hydrogens (tertiary/aromatic N) is 1. The second kappa shape index (κ2) is 6.31. The fraction of sp³-hybridized carbons (Fsp3) is 0.231. The highest BCUT2D eigenvalue weighted by molar-refractivity contribution is 7.07. The maximum absolute atomic E-state index is 11.7. The minimum atomic E-state index is -0.685. The molecule has 0 bridgehead atoms. The monoisotopic (exact) mass is 277 g/mol. The summed E-state index contributed by atoms with van der Waals surface area (Å²) in [6, 6.07) is 3.22. The summed E-state index contributed by atoms with van der Waals surface area (Å²) < 4.78 is 0. The van der Waals surface area contributed by atoms with Crippen molar-refractivity contribution >= 4 is 23.1 Å². The maximum Gasteiger partial charge on any atom is 0.319 e. The normalized spacial score (nSPS) is 11.9. The molecule has 6 heteroatoms. The number of rotatable bonds is 4. The zero-order chi connectivity index (χ0) is 13.7. The molecule has 3 N–H and O–H groups in total. The van der Waals surface area contributed by atoms with Crippen molar-refractivity contribution < 1.29 is 9.90 Å². The number of carbonyl (C=O) groups excluding carboxylic acids is 1. The number of aliphatic hydroxyl groups excluding tert-OH is 1. The highest BCUT2D eigenvalue weighted by Gasteiger charge is 2.10. The van der Waals surface area contributed by atoms with Gasteiger partial charge in [0.1, 0.15) is 0 Å².